The van der Waals surface area contributed by atoms with Crippen LogP contribution in [0, 0.1) is 6.92 Å². The van der Waals surface area contributed by atoms with Gasteiger partial charge < -0.3 is 4.42 Å². The summed E-state index contributed by atoms with van der Waals surface area (Å²) in [4.78, 5) is 12.4. The van der Waals surface area contributed by atoms with Gasteiger partial charge in [0, 0.05) is 11.6 Å². The highest BCUT2D eigenvalue weighted by atomic mass is 32.2. The van der Waals surface area contributed by atoms with Crippen molar-refractivity contribution in [3.05, 3.63) is 54.0 Å². The summed E-state index contributed by atoms with van der Waals surface area (Å²) in [5, 5.41) is 13.8. The highest BCUT2D eigenvalue weighted by Gasteiger charge is 2.24. The minimum absolute atomic E-state index is 0.189. The maximum absolute atomic E-state index is 12.4. The van der Waals surface area contributed by atoms with Gasteiger partial charge in [-0.1, -0.05) is 60.9 Å². The quantitative estimate of drug-likeness (QED) is 0.320. The van der Waals surface area contributed by atoms with E-state index in [1.165, 1.54) is 36.6 Å². The van der Waals surface area contributed by atoms with Gasteiger partial charge in [-0.05, 0) is 38.8 Å². The Balaban J connectivity index is 1.49. The van der Waals surface area contributed by atoms with Crippen molar-refractivity contribution in [2.45, 2.75) is 57.1 Å². The van der Waals surface area contributed by atoms with Crippen LogP contribution in [0.5, 0.6) is 0 Å². The molecule has 3 aromatic rings. The number of hydrazone groups is 1. The van der Waals surface area contributed by atoms with Crippen LogP contribution in [0.4, 0.5) is 0 Å². The first-order valence-corrected chi connectivity index (χ1v) is 11.6. The first kappa shape index (κ1) is 21.4. The number of hydrogen-bond donors (Lipinski definition) is 1. The lowest BCUT2D eigenvalue weighted by Crippen LogP contribution is -2.22. The highest BCUT2D eigenvalue weighted by Crippen LogP contribution is 2.35. The second-order valence-electron chi connectivity index (χ2n) is 7.83. The molecule has 162 valence electrons. The van der Waals surface area contributed by atoms with E-state index in [0.29, 0.717) is 17.5 Å². The SMILES string of the molecule is C/C(=N\NC(=O)CSc1nnc(-c2ccc(C)cc2)n1C1CCCCC1)c1ccco1. The average Bonchev–Trinajstić information content (AvgIpc) is 3.47. The summed E-state index contributed by atoms with van der Waals surface area (Å²) in [5.74, 6) is 1.54. The zero-order valence-corrected chi connectivity index (χ0v) is 18.7. The molecule has 31 heavy (non-hydrogen) atoms. The lowest BCUT2D eigenvalue weighted by molar-refractivity contribution is -0.118. The second kappa shape index (κ2) is 9.96. The molecule has 0 saturated heterocycles. The van der Waals surface area contributed by atoms with Gasteiger partial charge in [-0.3, -0.25) is 9.36 Å². The molecule has 2 heterocycles. The second-order valence-corrected chi connectivity index (χ2v) is 8.77. The molecule has 4 rings (SSSR count). The highest BCUT2D eigenvalue weighted by molar-refractivity contribution is 7.99. The van der Waals surface area contributed by atoms with Gasteiger partial charge in [-0.25, -0.2) is 5.43 Å². The number of hydrogen-bond acceptors (Lipinski definition) is 6. The van der Waals surface area contributed by atoms with Gasteiger partial charge in [0.05, 0.1) is 12.0 Å². The van der Waals surface area contributed by atoms with Crippen molar-refractivity contribution in [3.63, 3.8) is 0 Å². The van der Waals surface area contributed by atoms with E-state index in [9.17, 15) is 4.79 Å². The van der Waals surface area contributed by atoms with Crippen molar-refractivity contribution in [1.82, 2.24) is 20.2 Å². The van der Waals surface area contributed by atoms with E-state index in [1.807, 2.05) is 0 Å². The number of furan rings is 1. The predicted molar refractivity (Wildman–Crippen MR) is 122 cm³/mol. The molecule has 0 unspecified atom stereocenters. The fourth-order valence-electron chi connectivity index (χ4n) is 3.79. The molecule has 7 nitrogen and oxygen atoms in total. The molecule has 1 N–H and O–H groups in total. The van der Waals surface area contributed by atoms with Gasteiger partial charge >= 0.3 is 0 Å². The molecule has 2 aromatic heterocycles. The van der Waals surface area contributed by atoms with Crippen LogP contribution in [0.15, 0.2) is 57.3 Å². The maximum atomic E-state index is 12.4. The van der Waals surface area contributed by atoms with Crippen molar-refractivity contribution in [2.75, 3.05) is 5.75 Å². The third-order valence-corrected chi connectivity index (χ3v) is 6.42. The van der Waals surface area contributed by atoms with E-state index in [4.69, 9.17) is 4.42 Å². The van der Waals surface area contributed by atoms with Crippen LogP contribution in [0.25, 0.3) is 11.4 Å². The van der Waals surface area contributed by atoms with Crippen LogP contribution >= 0.6 is 11.8 Å². The molecule has 1 fully saturated rings. The summed E-state index contributed by atoms with van der Waals surface area (Å²) in [5.41, 5.74) is 5.48. The molecule has 0 aliphatic heterocycles. The molecule has 0 bridgehead atoms. The fraction of sp³-hybridized carbons (Fsp3) is 0.391. The van der Waals surface area contributed by atoms with Crippen molar-refractivity contribution < 1.29 is 9.21 Å². The summed E-state index contributed by atoms with van der Waals surface area (Å²) in [7, 11) is 0. The van der Waals surface area contributed by atoms with E-state index >= 15 is 0 Å². The normalized spacial score (nSPS) is 15.2. The third-order valence-electron chi connectivity index (χ3n) is 5.47. The van der Waals surface area contributed by atoms with Crippen LogP contribution in [0.1, 0.15) is 56.4 Å². The van der Waals surface area contributed by atoms with E-state index in [1.54, 1.807) is 25.3 Å². The minimum Gasteiger partial charge on any atom is -0.463 e. The summed E-state index contributed by atoms with van der Waals surface area (Å²) < 4.78 is 7.52. The summed E-state index contributed by atoms with van der Waals surface area (Å²) >= 11 is 1.40. The number of carbonyl (C=O) groups excluding carboxylic acids is 1. The van der Waals surface area contributed by atoms with Crippen molar-refractivity contribution in [3.8, 4) is 11.4 Å². The van der Waals surface area contributed by atoms with Crippen molar-refractivity contribution >= 4 is 23.4 Å². The largest absolute Gasteiger partial charge is 0.463 e. The number of rotatable bonds is 7. The lowest BCUT2D eigenvalue weighted by Gasteiger charge is -2.25. The van der Waals surface area contributed by atoms with Crippen molar-refractivity contribution in [1.29, 1.82) is 0 Å². The molecule has 1 aliphatic rings. The van der Waals surface area contributed by atoms with E-state index in [-0.39, 0.29) is 11.7 Å². The predicted octanol–water partition coefficient (Wildman–Crippen LogP) is 4.98. The van der Waals surface area contributed by atoms with Crippen LogP contribution in [-0.2, 0) is 4.79 Å². The zero-order valence-electron chi connectivity index (χ0n) is 17.9. The van der Waals surface area contributed by atoms with E-state index < -0.39 is 0 Å². The molecular formula is C23H27N5O2S. The molecule has 0 spiro atoms. The van der Waals surface area contributed by atoms with Gasteiger partial charge in [0.1, 0.15) is 11.5 Å². The number of thioether (sulfide) groups is 1. The fourth-order valence-corrected chi connectivity index (χ4v) is 4.59. The van der Waals surface area contributed by atoms with Gasteiger partial charge in [0.15, 0.2) is 11.0 Å². The number of aryl methyl sites for hydroxylation is 1. The Morgan fingerprint density at radius 3 is 2.68 bits per heavy atom. The first-order chi connectivity index (χ1) is 15.1. The number of nitrogens with zero attached hydrogens (tertiary/aromatic N) is 4. The molecule has 1 aliphatic carbocycles. The Hall–Kier alpha value is -2.87. The molecule has 0 atom stereocenters. The minimum atomic E-state index is -0.189. The monoisotopic (exact) mass is 437 g/mol. The summed E-state index contributed by atoms with van der Waals surface area (Å²) in [6, 6.07) is 12.3. The Kier molecular flexibility index (Phi) is 6.86. The molecule has 8 heteroatoms. The number of amides is 1. The van der Waals surface area contributed by atoms with Crippen LogP contribution < -0.4 is 5.43 Å². The Morgan fingerprint density at radius 1 is 1.19 bits per heavy atom. The molecule has 1 amide bonds. The van der Waals surface area contributed by atoms with Crippen LogP contribution in [0.2, 0.25) is 0 Å². The van der Waals surface area contributed by atoms with Crippen LogP contribution in [-0.4, -0.2) is 32.1 Å². The lowest BCUT2D eigenvalue weighted by atomic mass is 9.95. The smallest absolute Gasteiger partial charge is 0.250 e. The number of nitrogens with one attached hydrogen (secondary N) is 1. The molecule has 1 aromatic carbocycles. The van der Waals surface area contributed by atoms with E-state index in [2.05, 4.69) is 56.5 Å². The summed E-state index contributed by atoms with van der Waals surface area (Å²) in [6.07, 6.45) is 7.50. The maximum Gasteiger partial charge on any atom is 0.250 e. The Morgan fingerprint density at radius 2 is 1.97 bits per heavy atom. The van der Waals surface area contributed by atoms with Gasteiger partial charge in [-0.15, -0.1) is 10.2 Å². The molecule has 1 saturated carbocycles. The average molecular weight is 438 g/mol. The standard InChI is InChI=1S/C23H27N5O2S/c1-16-10-12-18(13-11-16)22-26-27-23(28(22)19-7-4-3-5-8-19)31-15-21(29)25-24-17(2)20-9-6-14-30-20/h6,9-14,19H,3-5,7-8,15H2,1-2H3,(H,25,29)/b24-17+. The van der Waals surface area contributed by atoms with Gasteiger partial charge in [-0.2, -0.15) is 5.10 Å². The number of carbonyl (C=O) groups is 1. The number of benzene rings is 1. The number of aromatic nitrogens is 3. The summed E-state index contributed by atoms with van der Waals surface area (Å²) in [6.45, 7) is 3.87. The first-order valence-electron chi connectivity index (χ1n) is 10.6. The van der Waals surface area contributed by atoms with E-state index in [0.717, 1.165) is 29.4 Å². The zero-order chi connectivity index (χ0) is 21.6. The van der Waals surface area contributed by atoms with Crippen LogP contribution in [0.3, 0.4) is 0 Å². The van der Waals surface area contributed by atoms with Gasteiger partial charge in [0.2, 0.25) is 0 Å². The molecule has 0 radical (unpaired) electrons. The third kappa shape index (κ3) is 5.25. The van der Waals surface area contributed by atoms with Crippen molar-refractivity contribution in [2.24, 2.45) is 5.10 Å². The topological polar surface area (TPSA) is 85.3 Å². The Bertz CT molecular complexity index is 1030. The molecular weight excluding hydrogens is 410 g/mol. The Labute approximate surface area is 186 Å². The van der Waals surface area contributed by atoms with Gasteiger partial charge in [0.25, 0.3) is 5.91 Å².